The molecule has 2 heteroatoms. The van der Waals surface area contributed by atoms with E-state index in [0.29, 0.717) is 0 Å². The zero-order valence-corrected chi connectivity index (χ0v) is 17.3. The molecule has 4 aromatic rings. The van der Waals surface area contributed by atoms with Gasteiger partial charge in [0.05, 0.1) is 5.69 Å². The molecule has 0 aliphatic heterocycles. The summed E-state index contributed by atoms with van der Waals surface area (Å²) in [6.45, 7) is 4.64. The van der Waals surface area contributed by atoms with Crippen LogP contribution >= 0.6 is 11.6 Å². The molecule has 0 saturated carbocycles. The van der Waals surface area contributed by atoms with Gasteiger partial charge >= 0.3 is 0 Å². The van der Waals surface area contributed by atoms with Gasteiger partial charge in [-0.25, -0.2) is 0 Å². The van der Waals surface area contributed by atoms with Crippen molar-refractivity contribution in [2.75, 3.05) is 4.90 Å². The Bertz CT molecular complexity index is 1190. The molecule has 0 N–H and O–H groups in total. The van der Waals surface area contributed by atoms with Crippen molar-refractivity contribution in [3.63, 3.8) is 0 Å². The van der Waals surface area contributed by atoms with Crippen molar-refractivity contribution in [2.45, 2.75) is 19.3 Å². The number of rotatable bonds is 3. The maximum Gasteiger partial charge on any atom is 0.0508 e. The quantitative estimate of drug-likeness (QED) is 0.338. The number of anilines is 3. The molecule has 142 valence electrons. The summed E-state index contributed by atoms with van der Waals surface area (Å²) in [5.74, 6) is 0. The van der Waals surface area contributed by atoms with Crippen LogP contribution in [0.25, 0.3) is 11.1 Å². The van der Waals surface area contributed by atoms with E-state index in [9.17, 15) is 0 Å². The van der Waals surface area contributed by atoms with Crippen LogP contribution in [0.4, 0.5) is 17.1 Å². The van der Waals surface area contributed by atoms with Gasteiger partial charge in [-0.3, -0.25) is 0 Å². The second-order valence-corrected chi connectivity index (χ2v) is 8.46. The van der Waals surface area contributed by atoms with E-state index in [1.54, 1.807) is 0 Å². The lowest BCUT2D eigenvalue weighted by Gasteiger charge is -2.32. The SMILES string of the molecule is CC1(C)c2ccccc2-c2cccc(N(c3ccccc3)c3cccc(Cl)c3)c21. The lowest BCUT2D eigenvalue weighted by molar-refractivity contribution is 0.661. The highest BCUT2D eigenvalue weighted by Gasteiger charge is 2.38. The van der Waals surface area contributed by atoms with E-state index in [2.05, 4.69) is 97.6 Å². The standard InChI is InChI=1S/C27H22ClN/c1-27(2)24-16-7-6-14-22(24)23-15-9-17-25(26(23)27)29(20-11-4-3-5-12-20)21-13-8-10-19(28)18-21/h3-18H,1-2H3. The minimum absolute atomic E-state index is 0.0892. The number of hydrogen-bond acceptors (Lipinski definition) is 1. The van der Waals surface area contributed by atoms with Crippen LogP contribution in [-0.2, 0) is 5.41 Å². The predicted octanol–water partition coefficient (Wildman–Crippen LogP) is 8.12. The number of halogens is 1. The summed E-state index contributed by atoms with van der Waals surface area (Å²) in [4.78, 5) is 2.32. The highest BCUT2D eigenvalue weighted by molar-refractivity contribution is 6.30. The van der Waals surface area contributed by atoms with E-state index in [1.165, 1.54) is 27.9 Å². The Morgan fingerprint density at radius 1 is 0.655 bits per heavy atom. The van der Waals surface area contributed by atoms with Crippen molar-refractivity contribution in [1.29, 1.82) is 0 Å². The van der Waals surface area contributed by atoms with Crippen molar-refractivity contribution in [2.24, 2.45) is 0 Å². The van der Waals surface area contributed by atoms with Gasteiger partial charge in [-0.2, -0.15) is 0 Å². The molecule has 0 saturated heterocycles. The molecule has 0 heterocycles. The Morgan fingerprint density at radius 2 is 1.31 bits per heavy atom. The van der Waals surface area contributed by atoms with Gasteiger partial charge < -0.3 is 4.90 Å². The van der Waals surface area contributed by atoms with Crippen molar-refractivity contribution in [1.82, 2.24) is 0 Å². The van der Waals surface area contributed by atoms with Gasteiger partial charge in [-0.1, -0.05) is 86.1 Å². The van der Waals surface area contributed by atoms with Crippen LogP contribution < -0.4 is 4.90 Å². The molecule has 0 bridgehead atoms. The van der Waals surface area contributed by atoms with Crippen molar-refractivity contribution in [3.8, 4) is 11.1 Å². The molecular formula is C27H22ClN. The highest BCUT2D eigenvalue weighted by atomic mass is 35.5. The van der Waals surface area contributed by atoms with Crippen molar-refractivity contribution in [3.05, 3.63) is 113 Å². The molecule has 0 amide bonds. The average Bonchev–Trinajstić information content (AvgIpc) is 2.98. The first kappa shape index (κ1) is 18.0. The van der Waals surface area contributed by atoms with E-state index in [0.717, 1.165) is 16.4 Å². The number of benzene rings is 4. The van der Waals surface area contributed by atoms with Crippen LogP contribution in [0.15, 0.2) is 97.1 Å². The van der Waals surface area contributed by atoms with E-state index >= 15 is 0 Å². The first-order chi connectivity index (χ1) is 14.1. The summed E-state index contributed by atoms with van der Waals surface area (Å²) in [6.07, 6.45) is 0. The lowest BCUT2D eigenvalue weighted by atomic mass is 9.81. The second-order valence-electron chi connectivity index (χ2n) is 8.02. The first-order valence-corrected chi connectivity index (χ1v) is 10.3. The Balaban J connectivity index is 1.80. The van der Waals surface area contributed by atoms with E-state index in [1.807, 2.05) is 18.2 Å². The number of hydrogen-bond donors (Lipinski definition) is 0. The minimum Gasteiger partial charge on any atom is -0.310 e. The van der Waals surface area contributed by atoms with Crippen LogP contribution in [0, 0.1) is 0 Å². The fraction of sp³-hybridized carbons (Fsp3) is 0.111. The molecule has 1 nitrogen and oxygen atoms in total. The maximum absolute atomic E-state index is 6.38. The van der Waals surface area contributed by atoms with Crippen LogP contribution in [0.2, 0.25) is 5.02 Å². The molecule has 1 aliphatic rings. The highest BCUT2D eigenvalue weighted by Crippen LogP contribution is 2.54. The van der Waals surface area contributed by atoms with Gasteiger partial charge in [0.2, 0.25) is 0 Å². The lowest BCUT2D eigenvalue weighted by Crippen LogP contribution is -2.20. The van der Waals surface area contributed by atoms with Crippen molar-refractivity contribution >= 4 is 28.7 Å². The molecule has 0 aromatic heterocycles. The predicted molar refractivity (Wildman–Crippen MR) is 124 cm³/mol. The summed E-state index contributed by atoms with van der Waals surface area (Å²) in [5, 5.41) is 0.735. The molecule has 0 unspecified atom stereocenters. The average molecular weight is 396 g/mol. The zero-order valence-electron chi connectivity index (χ0n) is 16.6. The van der Waals surface area contributed by atoms with Crippen LogP contribution in [0.5, 0.6) is 0 Å². The van der Waals surface area contributed by atoms with E-state index < -0.39 is 0 Å². The topological polar surface area (TPSA) is 3.24 Å². The number of para-hydroxylation sites is 1. The molecular weight excluding hydrogens is 374 g/mol. The second kappa shape index (κ2) is 6.79. The summed E-state index contributed by atoms with van der Waals surface area (Å²) in [7, 11) is 0. The Kier molecular flexibility index (Phi) is 4.22. The van der Waals surface area contributed by atoms with Crippen LogP contribution in [0.1, 0.15) is 25.0 Å². The summed E-state index contributed by atoms with van der Waals surface area (Å²) >= 11 is 6.38. The van der Waals surface area contributed by atoms with Gasteiger partial charge in [-0.15, -0.1) is 0 Å². The third-order valence-electron chi connectivity index (χ3n) is 5.88. The van der Waals surface area contributed by atoms with Gasteiger partial charge in [0, 0.05) is 21.8 Å². The van der Waals surface area contributed by atoms with Gasteiger partial charge in [0.1, 0.15) is 0 Å². The third-order valence-corrected chi connectivity index (χ3v) is 6.11. The molecule has 0 fully saturated rings. The number of fused-ring (bicyclic) bond motifs is 3. The third kappa shape index (κ3) is 2.85. The Morgan fingerprint density at radius 3 is 2.10 bits per heavy atom. The minimum atomic E-state index is -0.0892. The zero-order chi connectivity index (χ0) is 20.0. The fourth-order valence-electron chi connectivity index (χ4n) is 4.62. The fourth-order valence-corrected chi connectivity index (χ4v) is 4.81. The molecule has 1 aliphatic carbocycles. The summed E-state index contributed by atoms with van der Waals surface area (Å²) in [6, 6.07) is 34.0. The Hall–Kier alpha value is -3.03. The van der Waals surface area contributed by atoms with Crippen LogP contribution in [0.3, 0.4) is 0 Å². The van der Waals surface area contributed by atoms with Gasteiger partial charge in [0.15, 0.2) is 0 Å². The summed E-state index contributed by atoms with van der Waals surface area (Å²) < 4.78 is 0. The first-order valence-electron chi connectivity index (χ1n) is 9.91. The molecule has 0 atom stereocenters. The monoisotopic (exact) mass is 395 g/mol. The molecule has 0 spiro atoms. The largest absolute Gasteiger partial charge is 0.310 e. The van der Waals surface area contributed by atoms with Crippen molar-refractivity contribution < 1.29 is 0 Å². The Labute approximate surface area is 177 Å². The van der Waals surface area contributed by atoms with E-state index in [-0.39, 0.29) is 5.41 Å². The van der Waals surface area contributed by atoms with Gasteiger partial charge in [-0.05, 0) is 58.7 Å². The van der Waals surface area contributed by atoms with Crippen LogP contribution in [-0.4, -0.2) is 0 Å². The molecule has 0 radical (unpaired) electrons. The smallest absolute Gasteiger partial charge is 0.0508 e. The normalized spacial score (nSPS) is 13.6. The van der Waals surface area contributed by atoms with Gasteiger partial charge in [0.25, 0.3) is 0 Å². The molecule has 29 heavy (non-hydrogen) atoms. The van der Waals surface area contributed by atoms with E-state index in [4.69, 9.17) is 11.6 Å². The summed E-state index contributed by atoms with van der Waals surface area (Å²) in [5.41, 5.74) is 8.65. The number of nitrogens with zero attached hydrogens (tertiary/aromatic N) is 1. The molecule has 5 rings (SSSR count). The molecule has 4 aromatic carbocycles. The maximum atomic E-state index is 6.38.